The number of amides is 1. The van der Waals surface area contributed by atoms with Crippen molar-refractivity contribution in [2.24, 2.45) is 5.92 Å². The zero-order valence-electron chi connectivity index (χ0n) is 13.9. The Bertz CT molecular complexity index is 449. The third-order valence-corrected chi connectivity index (χ3v) is 4.40. The Morgan fingerprint density at radius 3 is 3.09 bits per heavy atom. The molecule has 4 heteroatoms. The fourth-order valence-electron chi connectivity index (χ4n) is 3.16. The lowest BCUT2D eigenvalue weighted by Crippen LogP contribution is -2.45. The van der Waals surface area contributed by atoms with Crippen molar-refractivity contribution in [1.82, 2.24) is 15.2 Å². The molecule has 22 heavy (non-hydrogen) atoms. The molecule has 0 bridgehead atoms. The second-order valence-electron chi connectivity index (χ2n) is 6.41. The van der Waals surface area contributed by atoms with Gasteiger partial charge in [-0.2, -0.15) is 0 Å². The van der Waals surface area contributed by atoms with Gasteiger partial charge in [-0.25, -0.2) is 0 Å². The summed E-state index contributed by atoms with van der Waals surface area (Å²) in [4.78, 5) is 19.1. The third kappa shape index (κ3) is 5.41. The molecule has 0 unspecified atom stereocenters. The summed E-state index contributed by atoms with van der Waals surface area (Å²) in [5, 5.41) is 3.17. The number of carbonyl (C=O) groups excluding carboxylic acids is 1. The van der Waals surface area contributed by atoms with Crippen LogP contribution in [-0.2, 0) is 11.2 Å². The van der Waals surface area contributed by atoms with Crippen molar-refractivity contribution in [2.75, 3.05) is 19.6 Å². The Morgan fingerprint density at radius 1 is 1.50 bits per heavy atom. The van der Waals surface area contributed by atoms with E-state index in [-0.39, 0.29) is 11.8 Å². The normalized spacial score (nSPS) is 20.5. The molecule has 1 aromatic heterocycles. The fourth-order valence-corrected chi connectivity index (χ4v) is 3.16. The van der Waals surface area contributed by atoms with Crippen molar-refractivity contribution < 1.29 is 4.79 Å². The zero-order chi connectivity index (χ0) is 15.8. The summed E-state index contributed by atoms with van der Waals surface area (Å²) in [6.45, 7) is 7.23. The Labute approximate surface area is 134 Å². The van der Waals surface area contributed by atoms with Crippen molar-refractivity contribution in [3.63, 3.8) is 0 Å². The minimum atomic E-state index is 0.150. The Balaban J connectivity index is 1.77. The largest absolute Gasteiger partial charge is 0.353 e. The summed E-state index contributed by atoms with van der Waals surface area (Å²) in [6.07, 6.45) is 7.11. The van der Waals surface area contributed by atoms with Crippen LogP contribution >= 0.6 is 0 Å². The molecule has 2 heterocycles. The molecule has 0 radical (unpaired) electrons. The van der Waals surface area contributed by atoms with Gasteiger partial charge in [0.15, 0.2) is 0 Å². The first-order valence-electron chi connectivity index (χ1n) is 8.61. The van der Waals surface area contributed by atoms with E-state index in [0.29, 0.717) is 6.04 Å². The SMILES string of the molecule is CCC[C@@H](C)NC(=O)[C@H]1CCCN(CCc2ccccn2)C1. The highest BCUT2D eigenvalue weighted by Crippen LogP contribution is 2.17. The van der Waals surface area contributed by atoms with Crippen LogP contribution in [0.3, 0.4) is 0 Å². The van der Waals surface area contributed by atoms with Crippen LogP contribution in [0.2, 0.25) is 0 Å². The third-order valence-electron chi connectivity index (χ3n) is 4.40. The van der Waals surface area contributed by atoms with E-state index >= 15 is 0 Å². The van der Waals surface area contributed by atoms with Gasteiger partial charge in [0.05, 0.1) is 5.92 Å². The van der Waals surface area contributed by atoms with E-state index in [2.05, 4.69) is 35.1 Å². The molecule has 1 aromatic rings. The zero-order valence-corrected chi connectivity index (χ0v) is 13.9. The predicted molar refractivity (Wildman–Crippen MR) is 89.6 cm³/mol. The van der Waals surface area contributed by atoms with Gasteiger partial charge < -0.3 is 10.2 Å². The van der Waals surface area contributed by atoms with Crippen molar-refractivity contribution >= 4 is 5.91 Å². The van der Waals surface area contributed by atoms with Gasteiger partial charge in [0.1, 0.15) is 0 Å². The van der Waals surface area contributed by atoms with Gasteiger partial charge in [-0.3, -0.25) is 9.78 Å². The average Bonchev–Trinajstić information content (AvgIpc) is 2.54. The van der Waals surface area contributed by atoms with Gasteiger partial charge in [-0.15, -0.1) is 0 Å². The molecule has 1 saturated heterocycles. The summed E-state index contributed by atoms with van der Waals surface area (Å²) < 4.78 is 0. The molecule has 4 nitrogen and oxygen atoms in total. The van der Waals surface area contributed by atoms with Crippen molar-refractivity contribution in [3.05, 3.63) is 30.1 Å². The smallest absolute Gasteiger partial charge is 0.224 e. The van der Waals surface area contributed by atoms with Crippen molar-refractivity contribution in [2.45, 2.75) is 52.0 Å². The summed E-state index contributed by atoms with van der Waals surface area (Å²) >= 11 is 0. The van der Waals surface area contributed by atoms with Crippen molar-refractivity contribution in [3.8, 4) is 0 Å². The first-order valence-corrected chi connectivity index (χ1v) is 8.61. The first-order chi connectivity index (χ1) is 10.7. The molecule has 0 aromatic carbocycles. The Kier molecular flexibility index (Phi) is 6.84. The molecule has 0 spiro atoms. The van der Waals surface area contributed by atoms with Crippen LogP contribution in [-0.4, -0.2) is 41.5 Å². The van der Waals surface area contributed by atoms with Crippen LogP contribution in [0, 0.1) is 5.92 Å². The summed E-state index contributed by atoms with van der Waals surface area (Å²) in [5.41, 5.74) is 1.13. The molecule has 1 aliphatic heterocycles. The lowest BCUT2D eigenvalue weighted by atomic mass is 9.96. The summed E-state index contributed by atoms with van der Waals surface area (Å²) in [5.74, 6) is 0.389. The van der Waals surface area contributed by atoms with Crippen LogP contribution in [0.1, 0.15) is 45.2 Å². The van der Waals surface area contributed by atoms with E-state index in [0.717, 1.165) is 57.4 Å². The van der Waals surface area contributed by atoms with Crippen LogP contribution in [0.5, 0.6) is 0 Å². The minimum absolute atomic E-state index is 0.150. The fraction of sp³-hybridized carbons (Fsp3) is 0.667. The quantitative estimate of drug-likeness (QED) is 0.842. The second kappa shape index (κ2) is 8.89. The van der Waals surface area contributed by atoms with Gasteiger partial charge in [0, 0.05) is 37.4 Å². The maximum absolute atomic E-state index is 12.4. The maximum atomic E-state index is 12.4. The number of nitrogens with one attached hydrogen (secondary N) is 1. The maximum Gasteiger partial charge on any atom is 0.224 e. The van der Waals surface area contributed by atoms with E-state index in [1.165, 1.54) is 0 Å². The number of pyridine rings is 1. The lowest BCUT2D eigenvalue weighted by molar-refractivity contribution is -0.127. The van der Waals surface area contributed by atoms with E-state index in [4.69, 9.17) is 0 Å². The molecule has 1 fully saturated rings. The predicted octanol–water partition coefficient (Wildman–Crippen LogP) is 2.64. The van der Waals surface area contributed by atoms with Gasteiger partial charge in [0.2, 0.25) is 5.91 Å². The van der Waals surface area contributed by atoms with Gasteiger partial charge in [0.25, 0.3) is 0 Å². The van der Waals surface area contributed by atoms with Crippen molar-refractivity contribution in [1.29, 1.82) is 0 Å². The molecule has 1 amide bonds. The van der Waals surface area contributed by atoms with Gasteiger partial charge >= 0.3 is 0 Å². The molecule has 122 valence electrons. The first kappa shape index (κ1) is 16.9. The van der Waals surface area contributed by atoms with E-state index in [1.807, 2.05) is 18.3 Å². The number of piperidine rings is 1. The highest BCUT2D eigenvalue weighted by atomic mass is 16.2. The second-order valence-corrected chi connectivity index (χ2v) is 6.41. The van der Waals surface area contributed by atoms with Crippen LogP contribution < -0.4 is 5.32 Å². The van der Waals surface area contributed by atoms with Crippen LogP contribution in [0.15, 0.2) is 24.4 Å². The molecular formula is C18H29N3O. The minimum Gasteiger partial charge on any atom is -0.353 e. The Morgan fingerprint density at radius 2 is 2.36 bits per heavy atom. The summed E-state index contributed by atoms with van der Waals surface area (Å²) in [6, 6.07) is 6.34. The molecule has 1 N–H and O–H groups in total. The number of aromatic nitrogens is 1. The van der Waals surface area contributed by atoms with Crippen LogP contribution in [0.4, 0.5) is 0 Å². The molecule has 2 rings (SSSR count). The molecule has 0 saturated carbocycles. The molecular weight excluding hydrogens is 274 g/mol. The van der Waals surface area contributed by atoms with E-state index in [1.54, 1.807) is 0 Å². The number of likely N-dealkylation sites (tertiary alicyclic amines) is 1. The topological polar surface area (TPSA) is 45.2 Å². The monoisotopic (exact) mass is 303 g/mol. The van der Waals surface area contributed by atoms with Gasteiger partial charge in [-0.05, 0) is 44.9 Å². The molecule has 2 atom stereocenters. The van der Waals surface area contributed by atoms with Crippen LogP contribution in [0.25, 0.3) is 0 Å². The highest BCUT2D eigenvalue weighted by Gasteiger charge is 2.26. The summed E-state index contributed by atoms with van der Waals surface area (Å²) in [7, 11) is 0. The standard InChI is InChI=1S/C18H29N3O/c1-3-7-15(2)20-18(22)16-8-6-12-21(14-16)13-10-17-9-4-5-11-19-17/h4-5,9,11,15-16H,3,6-8,10,12-14H2,1-2H3,(H,20,22)/t15-,16+/m1/s1. The lowest BCUT2D eigenvalue weighted by Gasteiger charge is -2.32. The number of nitrogens with zero attached hydrogens (tertiary/aromatic N) is 2. The van der Waals surface area contributed by atoms with Gasteiger partial charge in [-0.1, -0.05) is 19.4 Å². The highest BCUT2D eigenvalue weighted by molar-refractivity contribution is 5.79. The number of hydrogen-bond acceptors (Lipinski definition) is 3. The Hall–Kier alpha value is -1.42. The number of rotatable bonds is 7. The van der Waals surface area contributed by atoms with E-state index in [9.17, 15) is 4.79 Å². The molecule has 0 aliphatic carbocycles. The van der Waals surface area contributed by atoms with E-state index < -0.39 is 0 Å². The number of hydrogen-bond donors (Lipinski definition) is 1. The molecule has 1 aliphatic rings. The number of carbonyl (C=O) groups is 1. The average molecular weight is 303 g/mol.